The molecule has 33 heavy (non-hydrogen) atoms. The molecule has 1 amide bonds. The van der Waals surface area contributed by atoms with Gasteiger partial charge in [-0.15, -0.1) is 0 Å². The van der Waals surface area contributed by atoms with E-state index in [9.17, 15) is 9.59 Å². The highest BCUT2D eigenvalue weighted by atomic mass is 16.7. The number of amides is 1. The molecular formula is C23H19N5O5. The van der Waals surface area contributed by atoms with Crippen LogP contribution in [0.1, 0.15) is 34.5 Å². The number of carbonyl (C=O) groups is 1. The van der Waals surface area contributed by atoms with Gasteiger partial charge in [0.25, 0.3) is 11.5 Å². The van der Waals surface area contributed by atoms with Crippen LogP contribution in [0.3, 0.4) is 0 Å². The van der Waals surface area contributed by atoms with Crippen molar-refractivity contribution in [1.29, 1.82) is 0 Å². The molecule has 0 radical (unpaired) electrons. The Morgan fingerprint density at radius 1 is 1.09 bits per heavy atom. The summed E-state index contributed by atoms with van der Waals surface area (Å²) in [5.41, 5.74) is 2.18. The molecule has 0 atom stereocenters. The molecule has 0 fully saturated rings. The molecule has 0 saturated heterocycles. The third-order valence-electron chi connectivity index (χ3n) is 5.74. The van der Waals surface area contributed by atoms with Crippen molar-refractivity contribution in [2.24, 2.45) is 0 Å². The normalized spacial score (nSPS) is 14.2. The van der Waals surface area contributed by atoms with E-state index in [1.54, 1.807) is 36.4 Å². The van der Waals surface area contributed by atoms with Gasteiger partial charge < -0.3 is 19.2 Å². The largest absolute Gasteiger partial charge is 0.463 e. The lowest BCUT2D eigenvalue weighted by atomic mass is 9.97. The van der Waals surface area contributed by atoms with Crippen LogP contribution >= 0.6 is 0 Å². The molecule has 3 aromatic heterocycles. The Hall–Kier alpha value is -4.34. The van der Waals surface area contributed by atoms with Crippen LogP contribution in [0, 0.1) is 0 Å². The van der Waals surface area contributed by atoms with Gasteiger partial charge in [0.1, 0.15) is 11.5 Å². The van der Waals surface area contributed by atoms with Gasteiger partial charge in [0.05, 0.1) is 12.0 Å². The predicted molar refractivity (Wildman–Crippen MR) is 117 cm³/mol. The highest BCUT2D eigenvalue weighted by Gasteiger charge is 2.22. The van der Waals surface area contributed by atoms with Crippen LogP contribution in [0.2, 0.25) is 0 Å². The summed E-state index contributed by atoms with van der Waals surface area (Å²) in [4.78, 5) is 33.2. The second kappa shape index (κ2) is 7.66. The quantitative estimate of drug-likeness (QED) is 0.495. The number of hydrogen-bond acceptors (Lipinski definition) is 7. The molecule has 6 rings (SSSR count). The summed E-state index contributed by atoms with van der Waals surface area (Å²) < 4.78 is 17.6. The van der Waals surface area contributed by atoms with Crippen LogP contribution in [-0.2, 0) is 12.8 Å². The van der Waals surface area contributed by atoms with Gasteiger partial charge in [0.2, 0.25) is 12.7 Å². The molecule has 166 valence electrons. The number of H-pyrrole nitrogens is 1. The molecule has 0 saturated carbocycles. The Morgan fingerprint density at radius 3 is 2.85 bits per heavy atom. The number of benzene rings is 1. The van der Waals surface area contributed by atoms with Crippen LogP contribution in [0.25, 0.3) is 17.4 Å². The maximum absolute atomic E-state index is 13.0. The third kappa shape index (κ3) is 3.45. The molecule has 1 aromatic carbocycles. The number of aromatic nitrogens is 4. The van der Waals surface area contributed by atoms with E-state index in [1.807, 2.05) is 0 Å². The smallest absolute Gasteiger partial charge is 0.256 e. The van der Waals surface area contributed by atoms with Crippen LogP contribution in [0.4, 0.5) is 5.82 Å². The van der Waals surface area contributed by atoms with Crippen molar-refractivity contribution < 1.29 is 18.7 Å². The van der Waals surface area contributed by atoms with Gasteiger partial charge in [-0.2, -0.15) is 9.78 Å². The maximum atomic E-state index is 13.0. The summed E-state index contributed by atoms with van der Waals surface area (Å²) in [6.07, 6.45) is 4.93. The minimum absolute atomic E-state index is 0.122. The van der Waals surface area contributed by atoms with E-state index in [0.29, 0.717) is 46.3 Å². The fourth-order valence-electron chi connectivity index (χ4n) is 4.09. The summed E-state index contributed by atoms with van der Waals surface area (Å²) in [6, 6.07) is 10.1. The Morgan fingerprint density at radius 2 is 1.97 bits per heavy atom. The summed E-state index contributed by atoms with van der Waals surface area (Å²) in [5, 5.41) is 7.41. The van der Waals surface area contributed by atoms with Crippen molar-refractivity contribution in [3.63, 3.8) is 0 Å². The van der Waals surface area contributed by atoms with Crippen molar-refractivity contribution >= 4 is 11.7 Å². The number of hydrogen-bond donors (Lipinski definition) is 2. The van der Waals surface area contributed by atoms with E-state index in [0.717, 1.165) is 25.0 Å². The van der Waals surface area contributed by atoms with Crippen LogP contribution < -0.4 is 20.3 Å². The minimum atomic E-state index is -0.374. The molecule has 4 aromatic rings. The van der Waals surface area contributed by atoms with Crippen LogP contribution in [-0.4, -0.2) is 32.4 Å². The average molecular weight is 445 g/mol. The first-order valence-corrected chi connectivity index (χ1v) is 10.6. The van der Waals surface area contributed by atoms with Crippen molar-refractivity contribution in [3.05, 3.63) is 69.8 Å². The van der Waals surface area contributed by atoms with E-state index in [1.165, 1.54) is 10.9 Å². The number of nitrogens with zero attached hydrogens (tertiary/aromatic N) is 3. The highest BCUT2D eigenvalue weighted by Crippen LogP contribution is 2.33. The first-order valence-electron chi connectivity index (χ1n) is 10.6. The fourth-order valence-corrected chi connectivity index (χ4v) is 4.09. The Balaban J connectivity index is 1.40. The molecule has 0 spiro atoms. The van der Waals surface area contributed by atoms with Crippen LogP contribution in [0.5, 0.6) is 11.5 Å². The van der Waals surface area contributed by atoms with Gasteiger partial charge in [-0.25, -0.2) is 4.98 Å². The minimum Gasteiger partial charge on any atom is -0.463 e. The highest BCUT2D eigenvalue weighted by molar-refractivity contribution is 6.04. The van der Waals surface area contributed by atoms with E-state index >= 15 is 0 Å². The number of ether oxygens (including phenoxy) is 2. The molecule has 1 aliphatic carbocycles. The van der Waals surface area contributed by atoms with E-state index in [4.69, 9.17) is 13.9 Å². The average Bonchev–Trinajstić information content (AvgIpc) is 3.59. The number of nitrogens with one attached hydrogen (secondary N) is 2. The molecule has 0 bridgehead atoms. The molecule has 10 nitrogen and oxygen atoms in total. The second-order valence-electron chi connectivity index (χ2n) is 7.85. The number of anilines is 1. The molecule has 2 aliphatic rings. The first-order chi connectivity index (χ1) is 16.2. The van der Waals surface area contributed by atoms with Gasteiger partial charge in [-0.05, 0) is 56.0 Å². The van der Waals surface area contributed by atoms with E-state index in [-0.39, 0.29) is 24.2 Å². The number of aromatic amines is 1. The van der Waals surface area contributed by atoms with Gasteiger partial charge >= 0.3 is 0 Å². The zero-order valence-corrected chi connectivity index (χ0v) is 17.5. The monoisotopic (exact) mass is 445 g/mol. The van der Waals surface area contributed by atoms with Crippen molar-refractivity contribution in [3.8, 4) is 28.9 Å². The zero-order chi connectivity index (χ0) is 22.4. The van der Waals surface area contributed by atoms with Gasteiger partial charge in [-0.3, -0.25) is 14.6 Å². The van der Waals surface area contributed by atoms with Gasteiger partial charge in [-0.1, -0.05) is 0 Å². The SMILES string of the molecule is O=C(Nc1cc(-c2ccco2)nn1-c1nc2c(c(=O)[nH]1)CCCC2)c1ccc2c(c1)OCO2. The second-order valence-corrected chi connectivity index (χ2v) is 7.85. The van der Waals surface area contributed by atoms with Crippen molar-refractivity contribution in [2.45, 2.75) is 25.7 Å². The summed E-state index contributed by atoms with van der Waals surface area (Å²) >= 11 is 0. The Bertz CT molecular complexity index is 1420. The lowest BCUT2D eigenvalue weighted by Gasteiger charge is -2.15. The zero-order valence-electron chi connectivity index (χ0n) is 17.5. The molecule has 10 heteroatoms. The Labute approximate surface area is 187 Å². The summed E-state index contributed by atoms with van der Waals surface area (Å²) in [6.45, 7) is 0.122. The summed E-state index contributed by atoms with van der Waals surface area (Å²) in [5.74, 6) is 1.82. The lowest BCUT2D eigenvalue weighted by Crippen LogP contribution is -2.24. The standard InChI is InChI=1S/C23H19N5O5/c29-21(13-7-8-18-19(10-13)33-12-32-18)25-20-11-16(17-6-3-9-31-17)27-28(20)23-24-15-5-2-1-4-14(15)22(30)26-23/h3,6-11H,1-2,4-5,12H2,(H,25,29)(H,24,26,30). The van der Waals surface area contributed by atoms with Gasteiger partial charge in [0.15, 0.2) is 17.3 Å². The topological polar surface area (TPSA) is 124 Å². The third-order valence-corrected chi connectivity index (χ3v) is 5.74. The number of fused-ring (bicyclic) bond motifs is 2. The van der Waals surface area contributed by atoms with Crippen molar-refractivity contribution in [2.75, 3.05) is 12.1 Å². The predicted octanol–water partition coefficient (Wildman–Crippen LogP) is 3.08. The van der Waals surface area contributed by atoms with E-state index in [2.05, 4.69) is 20.4 Å². The van der Waals surface area contributed by atoms with Gasteiger partial charge in [0, 0.05) is 17.2 Å². The molecular weight excluding hydrogens is 426 g/mol. The number of rotatable bonds is 4. The number of carbonyl (C=O) groups excluding carboxylic acids is 1. The lowest BCUT2D eigenvalue weighted by molar-refractivity contribution is 0.102. The summed E-state index contributed by atoms with van der Waals surface area (Å²) in [7, 11) is 0. The number of aryl methyl sites for hydroxylation is 1. The maximum Gasteiger partial charge on any atom is 0.256 e. The Kier molecular flexibility index (Phi) is 4.49. The fraction of sp³-hybridized carbons (Fsp3) is 0.217. The molecule has 0 unspecified atom stereocenters. The molecule has 2 N–H and O–H groups in total. The van der Waals surface area contributed by atoms with Crippen LogP contribution in [0.15, 0.2) is 51.9 Å². The molecule has 4 heterocycles. The molecule has 1 aliphatic heterocycles. The number of furan rings is 1. The van der Waals surface area contributed by atoms with Crippen molar-refractivity contribution in [1.82, 2.24) is 19.7 Å². The first kappa shape index (κ1) is 19.4. The van der Waals surface area contributed by atoms with E-state index < -0.39 is 0 Å².